The maximum atomic E-state index is 12.4. The topological polar surface area (TPSA) is 103 Å². The molecule has 1 aliphatic carbocycles. The molecule has 0 fully saturated rings. The van der Waals surface area contributed by atoms with Crippen LogP contribution in [-0.2, 0) is 0 Å². The number of nitrogens with zero attached hydrogens (tertiary/aromatic N) is 1. The van der Waals surface area contributed by atoms with E-state index in [0.29, 0.717) is 0 Å². The molecule has 1 aliphatic rings. The Morgan fingerprint density at radius 2 is 1.70 bits per heavy atom. The van der Waals surface area contributed by atoms with E-state index >= 15 is 0 Å². The Kier molecular flexibility index (Phi) is 2.40. The van der Waals surface area contributed by atoms with E-state index in [1.54, 1.807) is 12.1 Å². The van der Waals surface area contributed by atoms with Gasteiger partial charge in [0.25, 0.3) is 5.69 Å². The Hall–Kier alpha value is -3.02. The van der Waals surface area contributed by atoms with Crippen molar-refractivity contribution in [1.82, 2.24) is 0 Å². The molecular weight excluding hydrogens is 260 g/mol. The number of non-ortho nitro benzene ring substituents is 1. The van der Waals surface area contributed by atoms with Crippen molar-refractivity contribution < 1.29 is 14.5 Å². The first kappa shape index (κ1) is 12.0. The van der Waals surface area contributed by atoms with E-state index < -0.39 is 10.7 Å². The minimum Gasteiger partial charge on any atom is -0.398 e. The van der Waals surface area contributed by atoms with Crippen molar-refractivity contribution in [3.63, 3.8) is 0 Å². The standard InChI is InChI=1S/C14H8N2O4/c15-11-3-1-2-9-12(11)14(18)8-5-4-7(16(19)20)6-10(8)13(9)17/h1-6H,15H2. The van der Waals surface area contributed by atoms with Crippen molar-refractivity contribution in [2.24, 2.45) is 0 Å². The fourth-order valence-electron chi connectivity index (χ4n) is 2.32. The van der Waals surface area contributed by atoms with E-state index in [1.807, 2.05) is 0 Å². The number of fused-ring (bicyclic) bond motifs is 2. The van der Waals surface area contributed by atoms with E-state index in [-0.39, 0.29) is 39.4 Å². The minimum atomic E-state index is -0.604. The zero-order valence-corrected chi connectivity index (χ0v) is 10.1. The molecule has 0 heterocycles. The van der Waals surface area contributed by atoms with Crippen LogP contribution in [0.1, 0.15) is 31.8 Å². The third-order valence-corrected chi connectivity index (χ3v) is 3.27. The highest BCUT2D eigenvalue weighted by Gasteiger charge is 2.32. The molecule has 0 saturated heterocycles. The van der Waals surface area contributed by atoms with Crippen molar-refractivity contribution in [3.8, 4) is 0 Å². The van der Waals surface area contributed by atoms with Crippen LogP contribution < -0.4 is 5.73 Å². The summed E-state index contributed by atoms with van der Waals surface area (Å²) in [5.74, 6) is -0.812. The van der Waals surface area contributed by atoms with Crippen molar-refractivity contribution in [3.05, 3.63) is 68.8 Å². The minimum absolute atomic E-state index is 0.0438. The molecule has 6 nitrogen and oxygen atoms in total. The maximum absolute atomic E-state index is 12.4. The van der Waals surface area contributed by atoms with Gasteiger partial charge in [-0.05, 0) is 12.1 Å². The molecule has 2 N–H and O–H groups in total. The summed E-state index contributed by atoms with van der Waals surface area (Å²) in [5, 5.41) is 10.8. The number of rotatable bonds is 1. The number of carbonyl (C=O) groups is 2. The molecule has 0 unspecified atom stereocenters. The quantitative estimate of drug-likeness (QED) is 0.412. The predicted molar refractivity (Wildman–Crippen MR) is 70.8 cm³/mol. The van der Waals surface area contributed by atoms with Crippen LogP contribution in [0.15, 0.2) is 36.4 Å². The SMILES string of the molecule is Nc1cccc2c1C(=O)c1ccc([N+](=O)[O-])cc1C2=O. The number of nitrogens with two attached hydrogens (primary N) is 1. The van der Waals surface area contributed by atoms with Gasteiger partial charge in [0.15, 0.2) is 11.6 Å². The average molecular weight is 268 g/mol. The fourth-order valence-corrected chi connectivity index (χ4v) is 2.32. The van der Waals surface area contributed by atoms with Gasteiger partial charge in [-0.15, -0.1) is 0 Å². The second-order valence-corrected chi connectivity index (χ2v) is 4.42. The van der Waals surface area contributed by atoms with Gasteiger partial charge in [-0.3, -0.25) is 19.7 Å². The van der Waals surface area contributed by atoms with Gasteiger partial charge in [0.2, 0.25) is 0 Å². The van der Waals surface area contributed by atoms with Gasteiger partial charge in [-0.2, -0.15) is 0 Å². The van der Waals surface area contributed by atoms with Gasteiger partial charge in [-0.25, -0.2) is 0 Å². The van der Waals surface area contributed by atoms with Gasteiger partial charge < -0.3 is 5.73 Å². The molecule has 0 amide bonds. The largest absolute Gasteiger partial charge is 0.398 e. The van der Waals surface area contributed by atoms with Crippen LogP contribution in [-0.4, -0.2) is 16.5 Å². The van der Waals surface area contributed by atoms with E-state index in [1.165, 1.54) is 18.2 Å². The predicted octanol–water partition coefficient (Wildman–Crippen LogP) is 1.95. The highest BCUT2D eigenvalue weighted by molar-refractivity contribution is 6.30. The Morgan fingerprint density at radius 3 is 2.40 bits per heavy atom. The molecule has 2 aromatic rings. The van der Waals surface area contributed by atoms with Crippen molar-refractivity contribution in [2.75, 3.05) is 5.73 Å². The molecule has 0 aliphatic heterocycles. The summed E-state index contributed by atoms with van der Waals surface area (Å²) in [5.41, 5.74) is 6.29. The van der Waals surface area contributed by atoms with E-state index in [0.717, 1.165) is 6.07 Å². The summed E-state index contributed by atoms with van der Waals surface area (Å²) >= 11 is 0. The summed E-state index contributed by atoms with van der Waals surface area (Å²) in [4.78, 5) is 34.9. The average Bonchev–Trinajstić information content (AvgIpc) is 2.44. The molecule has 0 atom stereocenters. The lowest BCUT2D eigenvalue weighted by Crippen LogP contribution is -2.22. The summed E-state index contributed by atoms with van der Waals surface area (Å²) < 4.78 is 0. The summed E-state index contributed by atoms with van der Waals surface area (Å²) in [7, 11) is 0. The zero-order chi connectivity index (χ0) is 14.4. The van der Waals surface area contributed by atoms with E-state index in [4.69, 9.17) is 5.73 Å². The van der Waals surface area contributed by atoms with E-state index in [9.17, 15) is 19.7 Å². The number of hydrogen-bond donors (Lipinski definition) is 1. The number of benzene rings is 2. The first-order valence-electron chi connectivity index (χ1n) is 5.77. The van der Waals surface area contributed by atoms with Crippen molar-refractivity contribution >= 4 is 22.9 Å². The zero-order valence-electron chi connectivity index (χ0n) is 10.1. The fraction of sp³-hybridized carbons (Fsp3) is 0. The van der Waals surface area contributed by atoms with Gasteiger partial charge in [0.05, 0.1) is 10.5 Å². The second kappa shape index (κ2) is 3.99. The number of anilines is 1. The lowest BCUT2D eigenvalue weighted by Gasteiger charge is -2.18. The van der Waals surface area contributed by atoms with Crippen LogP contribution in [0.4, 0.5) is 11.4 Å². The molecular formula is C14H8N2O4. The molecule has 20 heavy (non-hydrogen) atoms. The molecule has 0 aromatic heterocycles. The lowest BCUT2D eigenvalue weighted by atomic mass is 9.83. The molecule has 3 rings (SSSR count). The van der Waals surface area contributed by atoms with Gasteiger partial charge in [0, 0.05) is 34.5 Å². The highest BCUT2D eigenvalue weighted by atomic mass is 16.6. The lowest BCUT2D eigenvalue weighted by molar-refractivity contribution is -0.384. The van der Waals surface area contributed by atoms with Crippen LogP contribution >= 0.6 is 0 Å². The molecule has 6 heteroatoms. The number of ketones is 2. The smallest absolute Gasteiger partial charge is 0.270 e. The second-order valence-electron chi connectivity index (χ2n) is 4.42. The first-order chi connectivity index (χ1) is 9.50. The molecule has 2 aromatic carbocycles. The number of hydrogen-bond acceptors (Lipinski definition) is 5. The van der Waals surface area contributed by atoms with E-state index in [2.05, 4.69) is 0 Å². The molecule has 0 saturated carbocycles. The maximum Gasteiger partial charge on any atom is 0.270 e. The third kappa shape index (κ3) is 1.51. The highest BCUT2D eigenvalue weighted by Crippen LogP contribution is 2.32. The summed E-state index contributed by atoms with van der Waals surface area (Å²) in [6, 6.07) is 8.23. The monoisotopic (exact) mass is 268 g/mol. The van der Waals surface area contributed by atoms with Crippen molar-refractivity contribution in [2.45, 2.75) is 0 Å². The Balaban J connectivity index is 2.29. The Morgan fingerprint density at radius 1 is 0.950 bits per heavy atom. The first-order valence-corrected chi connectivity index (χ1v) is 5.77. The summed E-state index contributed by atoms with van der Waals surface area (Å²) in [6.45, 7) is 0. The van der Waals surface area contributed by atoms with Gasteiger partial charge in [-0.1, -0.05) is 12.1 Å². The molecule has 98 valence electrons. The van der Waals surface area contributed by atoms with Crippen LogP contribution in [0.3, 0.4) is 0 Å². The third-order valence-electron chi connectivity index (χ3n) is 3.27. The van der Waals surface area contributed by atoms with Gasteiger partial charge >= 0.3 is 0 Å². The Bertz CT molecular complexity index is 796. The van der Waals surface area contributed by atoms with Crippen LogP contribution in [0, 0.1) is 10.1 Å². The normalized spacial score (nSPS) is 12.8. The van der Waals surface area contributed by atoms with Crippen LogP contribution in [0.25, 0.3) is 0 Å². The number of nitro groups is 1. The van der Waals surface area contributed by atoms with Crippen LogP contribution in [0.5, 0.6) is 0 Å². The molecule has 0 spiro atoms. The number of carbonyl (C=O) groups excluding carboxylic acids is 2. The van der Waals surface area contributed by atoms with Gasteiger partial charge in [0.1, 0.15) is 0 Å². The molecule has 0 radical (unpaired) electrons. The van der Waals surface area contributed by atoms with Crippen LogP contribution in [0.2, 0.25) is 0 Å². The Labute approximate surface area is 113 Å². The summed E-state index contributed by atoms with van der Waals surface area (Å²) in [6.07, 6.45) is 0. The number of nitro benzene ring substituents is 1. The van der Waals surface area contributed by atoms with Crippen molar-refractivity contribution in [1.29, 1.82) is 0 Å². The number of nitrogen functional groups attached to an aromatic ring is 1. The molecule has 0 bridgehead atoms.